The van der Waals surface area contributed by atoms with Gasteiger partial charge >= 0.3 is 0 Å². The third kappa shape index (κ3) is 2.69. The summed E-state index contributed by atoms with van der Waals surface area (Å²) in [6, 6.07) is 3.59. The van der Waals surface area contributed by atoms with Crippen molar-refractivity contribution in [3.8, 4) is 5.75 Å². The summed E-state index contributed by atoms with van der Waals surface area (Å²) < 4.78 is 32.7. The van der Waals surface area contributed by atoms with Crippen molar-refractivity contribution in [2.45, 2.75) is 51.0 Å². The first-order valence-corrected chi connectivity index (χ1v) is 8.49. The Balaban J connectivity index is 2.51. The third-order valence-corrected chi connectivity index (χ3v) is 6.14. The van der Waals surface area contributed by atoms with Crippen LogP contribution in [0.1, 0.15) is 37.3 Å². The van der Waals surface area contributed by atoms with Crippen molar-refractivity contribution < 1.29 is 13.2 Å². The number of piperidine rings is 1. The lowest BCUT2D eigenvalue weighted by atomic mass is 10.1. The number of benzene rings is 1. The molecule has 1 saturated heterocycles. The van der Waals surface area contributed by atoms with Gasteiger partial charge in [0.2, 0.25) is 10.0 Å². The number of hydrogen-bond acceptors (Lipinski definition) is 3. The molecule has 2 rings (SSSR count). The summed E-state index contributed by atoms with van der Waals surface area (Å²) in [6.45, 7) is 6.45. The van der Waals surface area contributed by atoms with Gasteiger partial charge < -0.3 is 4.74 Å². The van der Waals surface area contributed by atoms with Crippen LogP contribution < -0.4 is 4.74 Å². The summed E-state index contributed by atoms with van der Waals surface area (Å²) in [5.41, 5.74) is 2.00. The topological polar surface area (TPSA) is 46.6 Å². The van der Waals surface area contributed by atoms with E-state index >= 15 is 0 Å². The molecule has 5 heteroatoms. The first-order valence-electron chi connectivity index (χ1n) is 7.05. The Morgan fingerprint density at radius 3 is 2.45 bits per heavy atom. The van der Waals surface area contributed by atoms with Gasteiger partial charge in [0.1, 0.15) is 10.6 Å². The molecule has 0 N–H and O–H groups in total. The zero-order valence-electron chi connectivity index (χ0n) is 12.6. The lowest BCUT2D eigenvalue weighted by Gasteiger charge is -2.32. The Kier molecular flexibility index (Phi) is 4.39. The fraction of sp³-hybridized carbons (Fsp3) is 0.600. The first-order chi connectivity index (χ1) is 9.37. The van der Waals surface area contributed by atoms with Crippen LogP contribution in [0.4, 0.5) is 0 Å². The Morgan fingerprint density at radius 2 is 1.85 bits per heavy atom. The van der Waals surface area contributed by atoms with E-state index in [0.717, 1.165) is 30.4 Å². The van der Waals surface area contributed by atoms with Gasteiger partial charge in [0, 0.05) is 12.6 Å². The highest BCUT2D eigenvalue weighted by atomic mass is 32.2. The average molecular weight is 297 g/mol. The number of sulfonamides is 1. The number of nitrogens with zero attached hydrogens (tertiary/aromatic N) is 1. The highest BCUT2D eigenvalue weighted by molar-refractivity contribution is 7.89. The Labute approximate surface area is 121 Å². The van der Waals surface area contributed by atoms with Gasteiger partial charge in [-0.1, -0.05) is 6.42 Å². The second kappa shape index (κ2) is 5.74. The van der Waals surface area contributed by atoms with Crippen LogP contribution in [0.25, 0.3) is 0 Å². The van der Waals surface area contributed by atoms with Gasteiger partial charge in [-0.05, 0) is 56.9 Å². The van der Waals surface area contributed by atoms with Gasteiger partial charge in [0.15, 0.2) is 0 Å². The summed E-state index contributed by atoms with van der Waals surface area (Å²) >= 11 is 0. The molecule has 1 aromatic rings. The van der Waals surface area contributed by atoms with Crippen LogP contribution in [0.5, 0.6) is 5.75 Å². The maximum absolute atomic E-state index is 12.9. The largest absolute Gasteiger partial charge is 0.495 e. The molecule has 1 fully saturated rings. The lowest BCUT2D eigenvalue weighted by molar-refractivity contribution is 0.267. The van der Waals surface area contributed by atoms with Gasteiger partial charge in [-0.3, -0.25) is 0 Å². The molecule has 4 nitrogen and oxygen atoms in total. The maximum Gasteiger partial charge on any atom is 0.247 e. The second-order valence-electron chi connectivity index (χ2n) is 5.55. The molecule has 1 aliphatic heterocycles. The molecular formula is C15H23NO3S. The fourth-order valence-corrected chi connectivity index (χ4v) is 4.60. The van der Waals surface area contributed by atoms with Crippen molar-refractivity contribution in [2.75, 3.05) is 13.7 Å². The summed E-state index contributed by atoms with van der Waals surface area (Å²) in [7, 11) is -1.97. The number of rotatable bonds is 3. The molecule has 112 valence electrons. The van der Waals surface area contributed by atoms with E-state index in [9.17, 15) is 8.42 Å². The van der Waals surface area contributed by atoms with Crippen molar-refractivity contribution in [3.05, 3.63) is 23.3 Å². The van der Waals surface area contributed by atoms with E-state index in [0.29, 0.717) is 12.3 Å². The van der Waals surface area contributed by atoms with Crippen molar-refractivity contribution in [2.24, 2.45) is 0 Å². The number of hydrogen-bond donors (Lipinski definition) is 0. The van der Waals surface area contributed by atoms with E-state index in [1.54, 1.807) is 16.4 Å². The minimum atomic E-state index is -3.48. The van der Waals surface area contributed by atoms with Gasteiger partial charge in [-0.15, -0.1) is 0 Å². The SMILES string of the molecule is COc1cc(C)c(C)cc1S(=O)(=O)N1CCCC[C@H]1C. The molecule has 20 heavy (non-hydrogen) atoms. The van der Waals surface area contributed by atoms with E-state index in [1.807, 2.05) is 20.8 Å². The summed E-state index contributed by atoms with van der Waals surface area (Å²) in [5.74, 6) is 0.436. The predicted molar refractivity (Wildman–Crippen MR) is 79.7 cm³/mol. The zero-order chi connectivity index (χ0) is 14.9. The minimum absolute atomic E-state index is 0.0556. The molecule has 1 heterocycles. The standard InChI is InChI=1S/C15H23NO3S/c1-11-9-14(19-4)15(10-12(11)2)20(17,18)16-8-6-5-7-13(16)3/h9-10,13H,5-8H2,1-4H3/t13-/m1/s1. The van der Waals surface area contributed by atoms with E-state index in [-0.39, 0.29) is 10.9 Å². The number of ether oxygens (including phenoxy) is 1. The normalized spacial score (nSPS) is 20.9. The highest BCUT2D eigenvalue weighted by Crippen LogP contribution is 2.32. The number of methoxy groups -OCH3 is 1. The predicted octanol–water partition coefficient (Wildman–Crippen LogP) is 2.88. The molecule has 1 atom stereocenters. The Hall–Kier alpha value is -1.07. The first kappa shape index (κ1) is 15.3. The molecule has 0 aliphatic carbocycles. The molecule has 0 saturated carbocycles. The van der Waals surface area contributed by atoms with E-state index in [4.69, 9.17) is 4.74 Å². The Bertz CT molecular complexity index is 595. The van der Waals surface area contributed by atoms with Crippen molar-refractivity contribution in [1.29, 1.82) is 0 Å². The van der Waals surface area contributed by atoms with Crippen LogP contribution in [0, 0.1) is 13.8 Å². The molecule has 0 bridgehead atoms. The van der Waals surface area contributed by atoms with Gasteiger partial charge in [0.05, 0.1) is 7.11 Å². The average Bonchev–Trinajstić information content (AvgIpc) is 2.41. The van der Waals surface area contributed by atoms with Gasteiger partial charge in [0.25, 0.3) is 0 Å². The Morgan fingerprint density at radius 1 is 1.20 bits per heavy atom. The molecule has 0 aromatic heterocycles. The zero-order valence-corrected chi connectivity index (χ0v) is 13.5. The molecule has 0 amide bonds. The number of aryl methyl sites for hydroxylation is 2. The monoisotopic (exact) mass is 297 g/mol. The maximum atomic E-state index is 12.9. The van der Waals surface area contributed by atoms with Crippen molar-refractivity contribution >= 4 is 10.0 Å². The van der Waals surface area contributed by atoms with E-state index < -0.39 is 10.0 Å². The molecule has 0 spiro atoms. The van der Waals surface area contributed by atoms with Crippen molar-refractivity contribution in [1.82, 2.24) is 4.31 Å². The summed E-state index contributed by atoms with van der Waals surface area (Å²) in [6.07, 6.45) is 2.94. The van der Waals surface area contributed by atoms with Crippen LogP contribution in [-0.4, -0.2) is 32.4 Å². The molecular weight excluding hydrogens is 274 g/mol. The highest BCUT2D eigenvalue weighted by Gasteiger charge is 2.33. The van der Waals surface area contributed by atoms with E-state index in [1.165, 1.54) is 7.11 Å². The van der Waals surface area contributed by atoms with Crippen LogP contribution in [0.2, 0.25) is 0 Å². The lowest BCUT2D eigenvalue weighted by Crippen LogP contribution is -2.42. The second-order valence-corrected chi connectivity index (χ2v) is 7.41. The van der Waals surface area contributed by atoms with Crippen molar-refractivity contribution in [3.63, 3.8) is 0 Å². The molecule has 0 radical (unpaired) electrons. The van der Waals surface area contributed by atoms with Gasteiger partial charge in [-0.25, -0.2) is 8.42 Å². The van der Waals surface area contributed by atoms with Crippen LogP contribution >= 0.6 is 0 Å². The van der Waals surface area contributed by atoms with Crippen LogP contribution in [0.3, 0.4) is 0 Å². The quantitative estimate of drug-likeness (QED) is 0.862. The van der Waals surface area contributed by atoms with Crippen LogP contribution in [0.15, 0.2) is 17.0 Å². The summed E-state index contributed by atoms with van der Waals surface area (Å²) in [4.78, 5) is 0.289. The smallest absolute Gasteiger partial charge is 0.247 e. The van der Waals surface area contributed by atoms with Crippen LogP contribution in [-0.2, 0) is 10.0 Å². The molecule has 1 aromatic carbocycles. The molecule has 0 unspecified atom stereocenters. The third-order valence-electron chi connectivity index (χ3n) is 4.11. The molecule has 1 aliphatic rings. The van der Waals surface area contributed by atoms with Gasteiger partial charge in [-0.2, -0.15) is 4.31 Å². The fourth-order valence-electron chi connectivity index (χ4n) is 2.68. The minimum Gasteiger partial charge on any atom is -0.495 e. The van der Waals surface area contributed by atoms with E-state index in [2.05, 4.69) is 0 Å². The summed E-state index contributed by atoms with van der Waals surface area (Å²) in [5, 5.41) is 0.